The number of carboxylic acid groups (broad SMARTS) is 1. The summed E-state index contributed by atoms with van der Waals surface area (Å²) in [6.07, 6.45) is -1.46. The minimum atomic E-state index is -4.27. The average Bonchev–Trinajstić information content (AvgIpc) is 3.30. The maximum atomic E-state index is 13.7. The van der Waals surface area contributed by atoms with Crippen molar-refractivity contribution in [2.24, 2.45) is 5.92 Å². The van der Waals surface area contributed by atoms with Crippen LogP contribution in [0.25, 0.3) is 0 Å². The van der Waals surface area contributed by atoms with Crippen LogP contribution in [0.3, 0.4) is 0 Å². The molecule has 1 fully saturated rings. The number of carboxylic acids is 1. The van der Waals surface area contributed by atoms with Gasteiger partial charge in [0.05, 0.1) is 11.0 Å². The summed E-state index contributed by atoms with van der Waals surface area (Å²) in [7, 11) is 0. The second kappa shape index (κ2) is 11.3. The molecule has 0 aromatic heterocycles. The number of ketones is 1. The molecule has 5 rings (SSSR count). The van der Waals surface area contributed by atoms with Crippen LogP contribution < -0.4 is 10.0 Å². The standard InChI is InChI=1S/C35H39F3N2O4/c1-6-7-16-39-27-14-13-21(32(43)44)18-25(27)34(4,5)29(39)20-23-30(41)22(31(23)42)19-28-33(2,3)24-11-8-9-12-26(24)40(28)17-10-15-35(36,37)38/h8-9,11-14,18-20,23,30H,6-7,10,15-17H2,1-5H3,(H,43,44)/b22-19-,29-20+. The summed E-state index contributed by atoms with van der Waals surface area (Å²) < 4.78 is 40.8. The predicted octanol–water partition coefficient (Wildman–Crippen LogP) is 6.44. The van der Waals surface area contributed by atoms with Crippen molar-refractivity contribution in [1.82, 2.24) is 0 Å². The molecule has 0 amide bonds. The number of aromatic carboxylic acids is 1. The quantitative estimate of drug-likeness (QED) is 0.262. The lowest BCUT2D eigenvalue weighted by Crippen LogP contribution is -2.53. The molecule has 9 heteroatoms. The zero-order valence-electron chi connectivity index (χ0n) is 25.8. The van der Waals surface area contributed by atoms with E-state index in [-0.39, 0.29) is 29.9 Å². The third-order valence-electron chi connectivity index (χ3n) is 9.36. The Morgan fingerprint density at radius 2 is 1.77 bits per heavy atom. The normalized spacial score (nSPS) is 23.8. The zero-order valence-corrected chi connectivity index (χ0v) is 25.8. The summed E-state index contributed by atoms with van der Waals surface area (Å²) in [6.45, 7) is 10.7. The van der Waals surface area contributed by atoms with Crippen LogP contribution in [0.5, 0.6) is 0 Å². The molecule has 2 aromatic rings. The van der Waals surface area contributed by atoms with Gasteiger partial charge in [0.2, 0.25) is 5.69 Å². The lowest BCUT2D eigenvalue weighted by molar-refractivity contribution is -0.440. The molecule has 1 saturated carbocycles. The van der Waals surface area contributed by atoms with E-state index in [0.717, 1.165) is 41.0 Å². The Morgan fingerprint density at radius 3 is 2.41 bits per heavy atom. The van der Waals surface area contributed by atoms with E-state index in [0.29, 0.717) is 12.3 Å². The molecule has 2 heterocycles. The van der Waals surface area contributed by atoms with Crippen LogP contribution in [0.4, 0.5) is 24.5 Å². The van der Waals surface area contributed by atoms with Gasteiger partial charge in [-0.15, -0.1) is 0 Å². The number of hydrogen-bond donors (Lipinski definition) is 1. The van der Waals surface area contributed by atoms with Crippen molar-refractivity contribution < 1.29 is 37.5 Å². The van der Waals surface area contributed by atoms with Crippen LogP contribution in [0.1, 0.15) is 81.8 Å². The van der Waals surface area contributed by atoms with Crippen molar-refractivity contribution in [1.29, 1.82) is 0 Å². The number of fused-ring (bicyclic) bond motifs is 2. The number of nitrogens with zero attached hydrogens (tertiary/aromatic N) is 2. The molecule has 2 unspecified atom stereocenters. The lowest BCUT2D eigenvalue weighted by Gasteiger charge is -2.43. The fraction of sp³-hybridized carbons (Fsp3) is 0.457. The lowest BCUT2D eigenvalue weighted by atomic mass is 9.71. The number of carbonyl (C=O) groups is 2. The predicted molar refractivity (Wildman–Crippen MR) is 162 cm³/mol. The van der Waals surface area contributed by atoms with E-state index in [2.05, 4.69) is 11.8 Å². The van der Waals surface area contributed by atoms with E-state index < -0.39 is 41.4 Å². The molecular weight excluding hydrogens is 569 g/mol. The molecule has 0 bridgehead atoms. The zero-order chi connectivity index (χ0) is 32.2. The minimum Gasteiger partial charge on any atom is -0.848 e. The Labute approximate surface area is 256 Å². The smallest absolute Gasteiger partial charge is 0.389 e. The molecule has 3 aliphatic rings. The summed E-state index contributed by atoms with van der Waals surface area (Å²) in [6, 6.07) is 12.5. The fourth-order valence-corrected chi connectivity index (χ4v) is 6.85. The van der Waals surface area contributed by atoms with Crippen LogP contribution >= 0.6 is 0 Å². The van der Waals surface area contributed by atoms with Crippen molar-refractivity contribution in [3.8, 4) is 0 Å². The van der Waals surface area contributed by atoms with Gasteiger partial charge >= 0.3 is 12.1 Å². The second-order valence-corrected chi connectivity index (χ2v) is 13.0. The average molecular weight is 609 g/mol. The van der Waals surface area contributed by atoms with Crippen molar-refractivity contribution >= 4 is 28.8 Å². The van der Waals surface area contributed by atoms with Gasteiger partial charge in [-0.1, -0.05) is 57.6 Å². The number of benzene rings is 2. The maximum Gasteiger partial charge on any atom is 0.389 e. The third-order valence-corrected chi connectivity index (χ3v) is 9.36. The van der Waals surface area contributed by atoms with Gasteiger partial charge in [0.15, 0.2) is 11.5 Å². The van der Waals surface area contributed by atoms with Gasteiger partial charge in [0, 0.05) is 59.8 Å². The first-order chi connectivity index (χ1) is 20.6. The molecule has 2 aromatic carbocycles. The first-order valence-electron chi connectivity index (χ1n) is 15.2. The van der Waals surface area contributed by atoms with Gasteiger partial charge < -0.3 is 15.1 Å². The summed E-state index contributed by atoms with van der Waals surface area (Å²) in [5, 5.41) is 23.3. The Balaban J connectivity index is 1.50. The monoisotopic (exact) mass is 608 g/mol. The van der Waals surface area contributed by atoms with Crippen LogP contribution in [-0.4, -0.2) is 52.5 Å². The highest BCUT2D eigenvalue weighted by atomic mass is 19.4. The molecule has 234 valence electrons. The number of allylic oxidation sites excluding steroid dienone is 2. The van der Waals surface area contributed by atoms with Crippen molar-refractivity contribution in [3.63, 3.8) is 0 Å². The highest BCUT2D eigenvalue weighted by Crippen LogP contribution is 2.50. The van der Waals surface area contributed by atoms with Crippen LogP contribution in [0, 0.1) is 5.92 Å². The molecule has 2 aliphatic heterocycles. The summed E-state index contributed by atoms with van der Waals surface area (Å²) >= 11 is 0. The molecule has 6 nitrogen and oxygen atoms in total. The SMILES string of the molecule is CCCCN1/C(=C/C2C(=O)/C(=C\C3=[N+](CCCC(F)(F)F)c4ccccc4C3(C)C)C2[O-])C(C)(C)c2cc(C(=O)O)ccc21. The number of hydrogen-bond acceptors (Lipinski definition) is 4. The van der Waals surface area contributed by atoms with Gasteiger partial charge in [-0.3, -0.25) is 4.79 Å². The summed E-state index contributed by atoms with van der Waals surface area (Å²) in [5.41, 5.74) is 3.95. The van der Waals surface area contributed by atoms with Gasteiger partial charge in [0.1, 0.15) is 6.54 Å². The van der Waals surface area contributed by atoms with E-state index >= 15 is 0 Å². The van der Waals surface area contributed by atoms with Crippen molar-refractivity contribution in [2.75, 3.05) is 18.0 Å². The van der Waals surface area contributed by atoms with Gasteiger partial charge in [-0.2, -0.15) is 17.7 Å². The Bertz CT molecular complexity index is 1600. The Hall–Kier alpha value is -3.72. The second-order valence-electron chi connectivity index (χ2n) is 13.0. The van der Waals surface area contributed by atoms with Crippen LogP contribution in [-0.2, 0) is 15.6 Å². The summed E-state index contributed by atoms with van der Waals surface area (Å²) in [5.74, 6) is -2.22. The topological polar surface area (TPSA) is 83.7 Å². The number of anilines is 1. The van der Waals surface area contributed by atoms with Gasteiger partial charge in [-0.05, 0) is 49.6 Å². The Morgan fingerprint density at radius 1 is 1.07 bits per heavy atom. The van der Waals surface area contributed by atoms with E-state index in [1.54, 1.807) is 30.4 Å². The van der Waals surface area contributed by atoms with Gasteiger partial charge in [0.25, 0.3) is 0 Å². The van der Waals surface area contributed by atoms with Crippen molar-refractivity contribution in [3.05, 3.63) is 82.6 Å². The number of carbonyl (C=O) groups excluding carboxylic acids is 1. The van der Waals surface area contributed by atoms with E-state index in [9.17, 15) is 33.0 Å². The van der Waals surface area contributed by atoms with Crippen LogP contribution in [0.2, 0.25) is 0 Å². The fourth-order valence-electron chi connectivity index (χ4n) is 6.85. The third kappa shape index (κ3) is 5.40. The van der Waals surface area contributed by atoms with Crippen LogP contribution in [0.15, 0.2) is 65.9 Å². The van der Waals surface area contributed by atoms with Gasteiger partial charge in [-0.25, -0.2) is 4.79 Å². The molecule has 0 radical (unpaired) electrons. The molecule has 1 aliphatic carbocycles. The summed E-state index contributed by atoms with van der Waals surface area (Å²) in [4.78, 5) is 27.5. The molecule has 0 spiro atoms. The largest absolute Gasteiger partial charge is 0.848 e. The Kier molecular flexibility index (Phi) is 8.16. The van der Waals surface area contributed by atoms with E-state index in [4.69, 9.17) is 0 Å². The van der Waals surface area contributed by atoms with E-state index in [1.807, 2.05) is 56.5 Å². The number of para-hydroxylation sites is 1. The first-order valence-corrected chi connectivity index (χ1v) is 15.2. The molecule has 0 saturated heterocycles. The number of unbranched alkanes of at least 4 members (excludes halogenated alkanes) is 1. The minimum absolute atomic E-state index is 0.113. The highest BCUT2D eigenvalue weighted by molar-refractivity contribution is 6.14. The first kappa shape index (κ1) is 31.7. The highest BCUT2D eigenvalue weighted by Gasteiger charge is 2.48. The number of rotatable bonds is 9. The molecular formula is C35H39F3N2O4. The number of halogens is 3. The number of alkyl halides is 3. The van der Waals surface area contributed by atoms with E-state index in [1.165, 1.54) is 0 Å². The number of Topliss-reactive ketones (excluding diaryl/α,β-unsaturated/α-hetero) is 1. The van der Waals surface area contributed by atoms with Crippen molar-refractivity contribution in [2.45, 2.75) is 83.4 Å². The maximum absolute atomic E-state index is 13.7. The molecule has 44 heavy (non-hydrogen) atoms. The molecule has 1 N–H and O–H groups in total. The molecule has 2 atom stereocenters.